The summed E-state index contributed by atoms with van der Waals surface area (Å²) < 4.78 is 46.0. The maximum absolute atomic E-state index is 13.4. The van der Waals surface area contributed by atoms with Crippen molar-refractivity contribution < 1.29 is 22.3 Å². The number of amides is 1. The van der Waals surface area contributed by atoms with E-state index in [9.17, 15) is 17.6 Å². The third kappa shape index (κ3) is 7.32. The highest BCUT2D eigenvalue weighted by Gasteiger charge is 2.28. The Labute approximate surface area is 230 Å². The lowest BCUT2D eigenvalue weighted by molar-refractivity contribution is 0.0745. The Hall–Kier alpha value is -3.53. The van der Waals surface area contributed by atoms with Gasteiger partial charge < -0.3 is 9.64 Å². The zero-order chi connectivity index (χ0) is 27.8. The maximum atomic E-state index is 13.4. The molecule has 206 valence electrons. The number of benzene rings is 3. The van der Waals surface area contributed by atoms with Crippen molar-refractivity contribution in [3.63, 3.8) is 0 Å². The van der Waals surface area contributed by atoms with Crippen molar-refractivity contribution in [1.82, 2.24) is 14.1 Å². The van der Waals surface area contributed by atoms with Gasteiger partial charge in [0.25, 0.3) is 5.91 Å². The van der Waals surface area contributed by atoms with Crippen LogP contribution in [0.15, 0.2) is 83.8 Å². The average molecular weight is 552 g/mol. The number of methoxy groups -OCH3 is 1. The third-order valence-corrected chi connectivity index (χ3v) is 8.73. The highest BCUT2D eigenvalue weighted by atomic mass is 32.2. The molecule has 9 heteroatoms. The number of carbonyl (C=O) groups excluding carboxylic acids is 1. The molecule has 0 radical (unpaired) electrons. The van der Waals surface area contributed by atoms with Gasteiger partial charge in [-0.05, 0) is 49.4 Å². The number of carbonyl (C=O) groups is 1. The Kier molecular flexibility index (Phi) is 9.50. The van der Waals surface area contributed by atoms with Gasteiger partial charge in [0.2, 0.25) is 10.0 Å². The molecule has 0 unspecified atom stereocenters. The monoisotopic (exact) mass is 551 g/mol. The number of nitrogens with zero attached hydrogens (tertiary/aromatic N) is 3. The minimum absolute atomic E-state index is 0.0581. The zero-order valence-electron chi connectivity index (χ0n) is 22.3. The van der Waals surface area contributed by atoms with Gasteiger partial charge in [0, 0.05) is 56.9 Å². The molecule has 0 saturated carbocycles. The third-order valence-electron chi connectivity index (χ3n) is 6.82. The lowest BCUT2D eigenvalue weighted by atomic mass is 10.1. The van der Waals surface area contributed by atoms with Gasteiger partial charge in [-0.2, -0.15) is 4.31 Å². The summed E-state index contributed by atoms with van der Waals surface area (Å²) in [5.41, 5.74) is 2.64. The van der Waals surface area contributed by atoms with Crippen LogP contribution in [-0.4, -0.2) is 81.4 Å². The molecule has 1 amide bonds. The molecule has 0 atom stereocenters. The van der Waals surface area contributed by atoms with E-state index in [-0.39, 0.29) is 10.8 Å². The van der Waals surface area contributed by atoms with E-state index in [0.717, 1.165) is 29.0 Å². The van der Waals surface area contributed by atoms with Crippen LogP contribution in [0, 0.1) is 12.7 Å². The Morgan fingerprint density at radius 1 is 0.974 bits per heavy atom. The van der Waals surface area contributed by atoms with Gasteiger partial charge in [0.1, 0.15) is 11.6 Å². The van der Waals surface area contributed by atoms with Gasteiger partial charge in [-0.3, -0.25) is 9.69 Å². The van der Waals surface area contributed by atoms with E-state index in [2.05, 4.69) is 4.90 Å². The van der Waals surface area contributed by atoms with Gasteiger partial charge in [-0.1, -0.05) is 48.0 Å². The Bertz CT molecular complexity index is 1380. The van der Waals surface area contributed by atoms with E-state index in [1.54, 1.807) is 12.0 Å². The second-order valence-electron chi connectivity index (χ2n) is 9.46. The van der Waals surface area contributed by atoms with Gasteiger partial charge in [0.05, 0.1) is 12.0 Å². The SMILES string of the molecule is COc1ccccc1/C=C/CN(CCN1CCN(S(=O)(=O)c2ccc(F)cc2)CC1)C(=O)c1ccc(C)cc1. The van der Waals surface area contributed by atoms with Crippen LogP contribution in [0.5, 0.6) is 5.75 Å². The second-order valence-corrected chi connectivity index (χ2v) is 11.4. The van der Waals surface area contributed by atoms with Gasteiger partial charge in [-0.25, -0.2) is 12.8 Å². The van der Waals surface area contributed by atoms with E-state index in [0.29, 0.717) is 51.4 Å². The second kappa shape index (κ2) is 13.0. The number of ether oxygens (including phenoxy) is 1. The van der Waals surface area contributed by atoms with Crippen molar-refractivity contribution in [2.75, 3.05) is 52.9 Å². The molecule has 3 aromatic rings. The van der Waals surface area contributed by atoms with Crippen molar-refractivity contribution in [2.24, 2.45) is 0 Å². The van der Waals surface area contributed by atoms with Crippen molar-refractivity contribution >= 4 is 22.0 Å². The van der Waals surface area contributed by atoms with Crippen LogP contribution in [0.2, 0.25) is 0 Å². The van der Waals surface area contributed by atoms with E-state index in [1.807, 2.05) is 67.6 Å². The van der Waals surface area contributed by atoms with Crippen LogP contribution < -0.4 is 4.74 Å². The van der Waals surface area contributed by atoms with Crippen molar-refractivity contribution in [3.05, 3.63) is 101 Å². The highest BCUT2D eigenvalue weighted by Crippen LogP contribution is 2.20. The van der Waals surface area contributed by atoms with Crippen LogP contribution in [0.25, 0.3) is 6.08 Å². The Morgan fingerprint density at radius 3 is 2.31 bits per heavy atom. The first-order chi connectivity index (χ1) is 18.8. The first kappa shape index (κ1) is 28.5. The molecule has 0 aromatic heterocycles. The van der Waals surface area contributed by atoms with Crippen molar-refractivity contribution in [1.29, 1.82) is 0 Å². The number of sulfonamides is 1. The minimum atomic E-state index is -3.67. The Morgan fingerprint density at radius 2 is 1.64 bits per heavy atom. The maximum Gasteiger partial charge on any atom is 0.254 e. The number of piperazine rings is 1. The molecule has 0 spiro atoms. The van der Waals surface area contributed by atoms with Gasteiger partial charge in [0.15, 0.2) is 0 Å². The van der Waals surface area contributed by atoms with Crippen LogP contribution in [-0.2, 0) is 10.0 Å². The molecule has 0 aliphatic carbocycles. The van der Waals surface area contributed by atoms with Gasteiger partial charge >= 0.3 is 0 Å². The summed E-state index contributed by atoms with van der Waals surface area (Å²) in [6.45, 7) is 5.27. The standard InChI is InChI=1S/C30H34FN3O4S/c1-24-9-11-26(12-10-24)30(35)33(17-5-7-25-6-3-4-8-29(25)38-2)21-18-32-19-22-34(23-20-32)39(36,37)28-15-13-27(31)14-16-28/h3-16H,17-23H2,1-2H3/b7-5+. The molecule has 0 bridgehead atoms. The molecule has 39 heavy (non-hydrogen) atoms. The summed E-state index contributed by atoms with van der Waals surface area (Å²) in [7, 11) is -2.05. The average Bonchev–Trinajstić information content (AvgIpc) is 2.95. The molecule has 1 aliphatic heterocycles. The predicted octanol–water partition coefficient (Wildman–Crippen LogP) is 4.30. The topological polar surface area (TPSA) is 70.2 Å². The molecular formula is C30H34FN3O4S. The summed E-state index contributed by atoms with van der Waals surface area (Å²) in [4.78, 5) is 17.5. The molecular weight excluding hydrogens is 517 g/mol. The number of para-hydroxylation sites is 1. The summed E-state index contributed by atoms with van der Waals surface area (Å²) in [6.07, 6.45) is 3.91. The fourth-order valence-corrected chi connectivity index (χ4v) is 5.90. The fourth-order valence-electron chi connectivity index (χ4n) is 4.48. The van der Waals surface area contributed by atoms with Crippen LogP contribution >= 0.6 is 0 Å². The van der Waals surface area contributed by atoms with Gasteiger partial charge in [-0.15, -0.1) is 0 Å². The molecule has 1 fully saturated rings. The van der Waals surface area contributed by atoms with Crippen LogP contribution in [0.3, 0.4) is 0 Å². The lowest BCUT2D eigenvalue weighted by Crippen LogP contribution is -2.50. The molecule has 3 aromatic carbocycles. The summed E-state index contributed by atoms with van der Waals surface area (Å²) in [5, 5.41) is 0. The van der Waals surface area contributed by atoms with E-state index < -0.39 is 15.8 Å². The summed E-state index contributed by atoms with van der Waals surface area (Å²) in [5.74, 6) is 0.233. The fraction of sp³-hybridized carbons (Fsp3) is 0.300. The minimum Gasteiger partial charge on any atom is -0.496 e. The van der Waals surface area contributed by atoms with Crippen molar-refractivity contribution in [2.45, 2.75) is 11.8 Å². The normalized spacial score (nSPS) is 14.9. The largest absolute Gasteiger partial charge is 0.496 e. The summed E-state index contributed by atoms with van der Waals surface area (Å²) in [6, 6.07) is 20.1. The molecule has 7 nitrogen and oxygen atoms in total. The van der Waals surface area contributed by atoms with Crippen LogP contribution in [0.1, 0.15) is 21.5 Å². The van der Waals surface area contributed by atoms with E-state index in [4.69, 9.17) is 4.74 Å². The highest BCUT2D eigenvalue weighted by molar-refractivity contribution is 7.89. The number of rotatable bonds is 10. The molecule has 1 heterocycles. The molecule has 0 N–H and O–H groups in total. The number of halogens is 1. The predicted molar refractivity (Wildman–Crippen MR) is 151 cm³/mol. The smallest absolute Gasteiger partial charge is 0.254 e. The number of hydrogen-bond acceptors (Lipinski definition) is 5. The van der Waals surface area contributed by atoms with E-state index in [1.165, 1.54) is 16.4 Å². The lowest BCUT2D eigenvalue weighted by Gasteiger charge is -2.35. The number of hydrogen-bond donors (Lipinski definition) is 0. The summed E-state index contributed by atoms with van der Waals surface area (Å²) >= 11 is 0. The number of aryl methyl sites for hydroxylation is 1. The molecule has 4 rings (SSSR count). The first-order valence-corrected chi connectivity index (χ1v) is 14.4. The first-order valence-electron chi connectivity index (χ1n) is 12.9. The molecule has 1 saturated heterocycles. The molecule has 1 aliphatic rings. The quantitative estimate of drug-likeness (QED) is 0.376. The van der Waals surface area contributed by atoms with Crippen molar-refractivity contribution in [3.8, 4) is 5.75 Å². The van der Waals surface area contributed by atoms with Crippen LogP contribution in [0.4, 0.5) is 4.39 Å². The zero-order valence-corrected chi connectivity index (χ0v) is 23.1. The Balaban J connectivity index is 1.39. The van der Waals surface area contributed by atoms with E-state index >= 15 is 0 Å².